The van der Waals surface area contributed by atoms with Crippen LogP contribution in [0.15, 0.2) is 35.5 Å². The minimum Gasteiger partial charge on any atom is -0.507 e. The molecule has 11 heteroatoms. The van der Waals surface area contributed by atoms with Gasteiger partial charge in [0.25, 0.3) is 5.91 Å². The maximum Gasteiger partial charge on any atom is 0.292 e. The number of hydrazine groups is 1. The van der Waals surface area contributed by atoms with Crippen molar-refractivity contribution in [2.45, 2.75) is 6.92 Å². The number of amides is 1. The molecule has 3 aromatic rings. The van der Waals surface area contributed by atoms with Gasteiger partial charge in [-0.25, -0.2) is 4.63 Å². The highest BCUT2D eigenvalue weighted by Gasteiger charge is 2.21. The lowest BCUT2D eigenvalue weighted by Gasteiger charge is -2.11. The van der Waals surface area contributed by atoms with Gasteiger partial charge in [0, 0.05) is 5.56 Å². The number of rotatable bonds is 5. The summed E-state index contributed by atoms with van der Waals surface area (Å²) in [7, 11) is 0. The Labute approximate surface area is 141 Å². The van der Waals surface area contributed by atoms with E-state index in [1.165, 1.54) is 10.7 Å². The summed E-state index contributed by atoms with van der Waals surface area (Å²) in [6.07, 6.45) is 0. The Balaban J connectivity index is 1.72. The molecule has 0 aliphatic rings. The average Bonchev–Trinajstić information content (AvgIpc) is 3.18. The Kier molecular flexibility index (Phi) is 4.04. The number of aromatic hydroxyl groups is 1. The number of nitrogens with one attached hydrogen (secondary N) is 2. The van der Waals surface area contributed by atoms with E-state index in [0.29, 0.717) is 17.0 Å². The summed E-state index contributed by atoms with van der Waals surface area (Å²) in [5, 5.41) is 24.4. The highest BCUT2D eigenvalue weighted by Crippen LogP contribution is 2.21. The van der Waals surface area contributed by atoms with Gasteiger partial charge < -0.3 is 10.8 Å². The first-order valence-corrected chi connectivity index (χ1v) is 7.03. The van der Waals surface area contributed by atoms with Crippen LogP contribution in [0.5, 0.6) is 5.75 Å². The molecule has 0 fully saturated rings. The van der Waals surface area contributed by atoms with E-state index in [4.69, 9.17) is 5.73 Å². The van der Waals surface area contributed by atoms with Crippen LogP contribution in [0.2, 0.25) is 0 Å². The number of carbonyl (C=O) groups is 1. The Hall–Kier alpha value is -3.89. The van der Waals surface area contributed by atoms with Crippen LogP contribution in [-0.2, 0) is 0 Å². The van der Waals surface area contributed by atoms with Gasteiger partial charge >= 0.3 is 0 Å². The molecular weight excluding hydrogens is 328 g/mol. The second-order valence-electron chi connectivity index (χ2n) is 4.98. The van der Waals surface area contributed by atoms with Gasteiger partial charge in [0.2, 0.25) is 11.6 Å². The zero-order chi connectivity index (χ0) is 18.0. The zero-order valence-electron chi connectivity index (χ0n) is 13.1. The molecule has 0 aliphatic heterocycles. The fourth-order valence-corrected chi connectivity index (χ4v) is 2.07. The van der Waals surface area contributed by atoms with Crippen molar-refractivity contribution in [3.05, 3.63) is 47.8 Å². The third-order valence-corrected chi connectivity index (χ3v) is 3.36. The van der Waals surface area contributed by atoms with Gasteiger partial charge in [0.05, 0.1) is 11.4 Å². The number of phenolic OH excluding ortho intramolecular Hbond substituents is 1. The Bertz CT molecular complexity index is 945. The van der Waals surface area contributed by atoms with E-state index in [2.05, 4.69) is 42.7 Å². The summed E-state index contributed by atoms with van der Waals surface area (Å²) in [5.41, 5.74) is 11.8. The van der Waals surface area contributed by atoms with Gasteiger partial charge in [-0.1, -0.05) is 23.9 Å². The Morgan fingerprint density at radius 1 is 1.32 bits per heavy atom. The topological polar surface area (TPSA) is 157 Å². The summed E-state index contributed by atoms with van der Waals surface area (Å²) >= 11 is 0. The largest absolute Gasteiger partial charge is 0.507 e. The van der Waals surface area contributed by atoms with Crippen molar-refractivity contribution in [3.8, 4) is 11.6 Å². The maximum absolute atomic E-state index is 12.3. The third kappa shape index (κ3) is 2.97. The molecule has 0 saturated carbocycles. The fraction of sp³-hybridized carbons (Fsp3) is 0.0714. The van der Waals surface area contributed by atoms with Gasteiger partial charge in [0.1, 0.15) is 5.75 Å². The third-order valence-electron chi connectivity index (χ3n) is 3.36. The van der Waals surface area contributed by atoms with Crippen molar-refractivity contribution >= 4 is 17.4 Å². The zero-order valence-corrected chi connectivity index (χ0v) is 13.1. The first-order chi connectivity index (χ1) is 12.0. The number of carbonyl (C=O) groups excluding carboxylic acids is 1. The molecular formula is C14H14N8O3. The molecule has 0 aliphatic carbocycles. The molecule has 25 heavy (non-hydrogen) atoms. The molecule has 128 valence electrons. The lowest BCUT2D eigenvalue weighted by molar-refractivity contribution is 0.0936. The molecule has 0 bridgehead atoms. The van der Waals surface area contributed by atoms with E-state index in [1.807, 2.05) is 0 Å². The quantitative estimate of drug-likeness (QED) is 0.474. The fourth-order valence-electron chi connectivity index (χ4n) is 2.07. The molecule has 1 aromatic carbocycles. The Morgan fingerprint density at radius 2 is 2.08 bits per heavy atom. The van der Waals surface area contributed by atoms with E-state index in [1.54, 1.807) is 25.1 Å². The lowest BCUT2D eigenvalue weighted by atomic mass is 10.1. The summed E-state index contributed by atoms with van der Waals surface area (Å²) < 4.78 is 5.74. The maximum atomic E-state index is 12.3. The van der Waals surface area contributed by atoms with E-state index in [-0.39, 0.29) is 23.1 Å². The number of para-hydroxylation sites is 1. The van der Waals surface area contributed by atoms with Crippen LogP contribution < -0.4 is 16.6 Å². The predicted molar refractivity (Wildman–Crippen MR) is 86.1 cm³/mol. The number of anilines is 1. The number of aromatic nitrogens is 5. The van der Waals surface area contributed by atoms with Crippen LogP contribution in [-0.4, -0.2) is 36.3 Å². The number of phenols is 1. The average molecular weight is 342 g/mol. The van der Waals surface area contributed by atoms with Crippen molar-refractivity contribution in [3.63, 3.8) is 0 Å². The number of nitrogens with two attached hydrogens (primary N) is 1. The molecule has 3 rings (SSSR count). The SMILES string of the molecule is C=C(NNC(=O)c1nnn(-c2nonc2N)c1C)c1ccccc1O. The van der Waals surface area contributed by atoms with E-state index >= 15 is 0 Å². The first kappa shape index (κ1) is 16.0. The van der Waals surface area contributed by atoms with Crippen LogP contribution in [0, 0.1) is 6.92 Å². The minimum atomic E-state index is -0.560. The van der Waals surface area contributed by atoms with Crippen LogP contribution in [0.25, 0.3) is 11.5 Å². The second kappa shape index (κ2) is 6.31. The van der Waals surface area contributed by atoms with Crippen molar-refractivity contribution in [1.82, 2.24) is 36.2 Å². The van der Waals surface area contributed by atoms with Crippen molar-refractivity contribution in [1.29, 1.82) is 0 Å². The molecule has 2 aromatic heterocycles. The van der Waals surface area contributed by atoms with Crippen molar-refractivity contribution in [2.24, 2.45) is 0 Å². The standard InChI is InChI=1S/C14H14N8O3/c1-7(9-5-3-4-6-10(9)23)16-18-14(24)11-8(2)22(21-17-11)13-12(15)19-25-20-13/h3-6,16,23H,1H2,2H3,(H2,15,19)(H,18,24). The molecule has 0 unspecified atom stereocenters. The molecule has 0 radical (unpaired) electrons. The van der Waals surface area contributed by atoms with Gasteiger partial charge in [-0.05, 0) is 29.4 Å². The molecule has 11 nitrogen and oxygen atoms in total. The normalized spacial score (nSPS) is 10.4. The number of nitrogen functional groups attached to an aromatic ring is 1. The van der Waals surface area contributed by atoms with Crippen LogP contribution in [0.4, 0.5) is 5.82 Å². The van der Waals surface area contributed by atoms with Crippen LogP contribution >= 0.6 is 0 Å². The number of benzene rings is 1. The summed E-state index contributed by atoms with van der Waals surface area (Å²) in [4.78, 5) is 12.3. The first-order valence-electron chi connectivity index (χ1n) is 7.03. The monoisotopic (exact) mass is 342 g/mol. The Morgan fingerprint density at radius 3 is 2.76 bits per heavy atom. The highest BCUT2D eigenvalue weighted by atomic mass is 16.6. The smallest absolute Gasteiger partial charge is 0.292 e. The predicted octanol–water partition coefficient (Wildman–Crippen LogP) is 0.152. The van der Waals surface area contributed by atoms with E-state index in [0.717, 1.165) is 0 Å². The minimum absolute atomic E-state index is 0.0195. The van der Waals surface area contributed by atoms with Gasteiger partial charge in [-0.15, -0.1) is 5.10 Å². The van der Waals surface area contributed by atoms with Crippen molar-refractivity contribution < 1.29 is 14.5 Å². The summed E-state index contributed by atoms with van der Waals surface area (Å²) in [6.45, 7) is 5.37. The van der Waals surface area contributed by atoms with Gasteiger partial charge in [0.15, 0.2) is 5.69 Å². The molecule has 0 saturated heterocycles. The second-order valence-corrected chi connectivity index (χ2v) is 4.98. The molecule has 0 atom stereocenters. The van der Waals surface area contributed by atoms with Crippen molar-refractivity contribution in [2.75, 3.05) is 5.73 Å². The molecule has 2 heterocycles. The molecule has 1 amide bonds. The van der Waals surface area contributed by atoms with Gasteiger partial charge in [-0.2, -0.15) is 4.68 Å². The molecule has 5 N–H and O–H groups in total. The lowest BCUT2D eigenvalue weighted by Crippen LogP contribution is -2.36. The van der Waals surface area contributed by atoms with Gasteiger partial charge in [-0.3, -0.25) is 15.6 Å². The highest BCUT2D eigenvalue weighted by molar-refractivity contribution is 5.93. The van der Waals surface area contributed by atoms with Crippen LogP contribution in [0.3, 0.4) is 0 Å². The number of hydrogen-bond acceptors (Lipinski definition) is 9. The van der Waals surface area contributed by atoms with E-state index in [9.17, 15) is 9.90 Å². The van der Waals surface area contributed by atoms with Crippen LogP contribution in [0.1, 0.15) is 21.7 Å². The number of nitrogens with zero attached hydrogens (tertiary/aromatic N) is 5. The number of hydrogen-bond donors (Lipinski definition) is 4. The summed E-state index contributed by atoms with van der Waals surface area (Å²) in [5.74, 6) is -0.373. The van der Waals surface area contributed by atoms with E-state index < -0.39 is 5.91 Å². The molecule has 0 spiro atoms. The summed E-state index contributed by atoms with van der Waals surface area (Å²) in [6, 6.07) is 6.57.